The largest absolute Gasteiger partial charge is 0.368 e. The molecule has 1 aliphatic rings. The maximum Gasteiger partial charge on any atom is 0.161 e. The highest BCUT2D eigenvalue weighted by Crippen LogP contribution is 2.27. The Hall–Kier alpha value is -3.68. The molecule has 1 atom stereocenters. The number of rotatable bonds is 6. The fourth-order valence-electron chi connectivity index (χ4n) is 3.89. The molecule has 166 valence electrons. The Morgan fingerprint density at radius 2 is 1.91 bits per heavy atom. The topological polar surface area (TPSA) is 63.2 Å². The minimum atomic E-state index is -0.311. The van der Waals surface area contributed by atoms with E-state index in [0.29, 0.717) is 30.5 Å². The highest BCUT2D eigenvalue weighted by atomic mass is 19.1. The fourth-order valence-corrected chi connectivity index (χ4v) is 3.89. The number of nitrogens with zero attached hydrogens (tertiary/aromatic N) is 4. The van der Waals surface area contributed by atoms with E-state index in [1.54, 1.807) is 24.5 Å². The lowest BCUT2D eigenvalue weighted by molar-refractivity contribution is -0.0371. The number of anilines is 2. The maximum atomic E-state index is 13.7. The number of benzene rings is 2. The summed E-state index contributed by atoms with van der Waals surface area (Å²) in [6, 6.07) is 22.4. The number of aromatic nitrogens is 3. The van der Waals surface area contributed by atoms with Crippen LogP contribution in [0.4, 0.5) is 15.9 Å². The van der Waals surface area contributed by atoms with Crippen LogP contribution in [0.1, 0.15) is 17.5 Å². The minimum Gasteiger partial charge on any atom is -0.368 e. The summed E-state index contributed by atoms with van der Waals surface area (Å²) < 4.78 is 19.8. The Labute approximate surface area is 192 Å². The lowest BCUT2D eigenvalue weighted by Crippen LogP contribution is -2.38. The van der Waals surface area contributed by atoms with Gasteiger partial charge in [-0.1, -0.05) is 36.4 Å². The molecule has 33 heavy (non-hydrogen) atoms. The number of ether oxygens (including phenoxy) is 1. The summed E-state index contributed by atoms with van der Waals surface area (Å²) in [6.07, 6.45) is 3.22. The zero-order chi connectivity index (χ0) is 22.5. The molecule has 2 aromatic carbocycles. The molecule has 7 heteroatoms. The summed E-state index contributed by atoms with van der Waals surface area (Å²) in [5.74, 6) is 0.857. The summed E-state index contributed by atoms with van der Waals surface area (Å²) in [5, 5.41) is 3.20. The average Bonchev–Trinajstić information content (AvgIpc) is 2.85. The standard InChI is InChI=1S/C26H24FN5O/c27-21-9-4-10-22(14-21)29-25-15-23(20-8-5-11-28-16-20)30-26(31-25)24-18-32(12-13-33-24)17-19-6-2-1-3-7-19/h1-11,14-16,24H,12-13,17-18H2,(H,29,30,31). The van der Waals surface area contributed by atoms with Gasteiger partial charge in [0.05, 0.1) is 12.3 Å². The summed E-state index contributed by atoms with van der Waals surface area (Å²) in [6.45, 7) is 2.98. The van der Waals surface area contributed by atoms with E-state index in [1.807, 2.05) is 24.3 Å². The lowest BCUT2D eigenvalue weighted by Gasteiger charge is -2.32. The third-order valence-corrected chi connectivity index (χ3v) is 5.49. The fraction of sp³-hybridized carbons (Fsp3) is 0.192. The molecule has 0 amide bonds. The van der Waals surface area contributed by atoms with Crippen LogP contribution in [-0.4, -0.2) is 39.5 Å². The predicted molar refractivity (Wildman–Crippen MR) is 125 cm³/mol. The van der Waals surface area contributed by atoms with Gasteiger partial charge < -0.3 is 10.1 Å². The normalized spacial score (nSPS) is 16.5. The quantitative estimate of drug-likeness (QED) is 0.455. The number of morpholine rings is 1. The van der Waals surface area contributed by atoms with Gasteiger partial charge in [-0.2, -0.15) is 0 Å². The van der Waals surface area contributed by atoms with Crippen molar-refractivity contribution in [1.82, 2.24) is 19.9 Å². The first kappa shape index (κ1) is 21.2. The number of hydrogen-bond donors (Lipinski definition) is 1. The SMILES string of the molecule is Fc1cccc(Nc2cc(-c3cccnc3)nc(C3CN(Cc4ccccc4)CCO3)n2)c1. The third-order valence-electron chi connectivity index (χ3n) is 5.49. The van der Waals surface area contributed by atoms with Crippen molar-refractivity contribution in [3.63, 3.8) is 0 Å². The van der Waals surface area contributed by atoms with Gasteiger partial charge in [-0.05, 0) is 35.9 Å². The molecule has 3 heterocycles. The molecule has 0 saturated carbocycles. The number of nitrogens with one attached hydrogen (secondary N) is 1. The van der Waals surface area contributed by atoms with E-state index in [9.17, 15) is 4.39 Å². The first-order chi connectivity index (χ1) is 16.2. The van der Waals surface area contributed by atoms with Crippen LogP contribution in [-0.2, 0) is 11.3 Å². The predicted octanol–water partition coefficient (Wildman–Crippen LogP) is 4.99. The van der Waals surface area contributed by atoms with Crippen LogP contribution < -0.4 is 5.32 Å². The van der Waals surface area contributed by atoms with Crippen LogP contribution in [0.2, 0.25) is 0 Å². The van der Waals surface area contributed by atoms with E-state index >= 15 is 0 Å². The monoisotopic (exact) mass is 441 g/mol. The van der Waals surface area contributed by atoms with Crippen molar-refractivity contribution in [2.75, 3.05) is 25.0 Å². The van der Waals surface area contributed by atoms with Crippen molar-refractivity contribution in [2.24, 2.45) is 0 Å². The van der Waals surface area contributed by atoms with Crippen molar-refractivity contribution in [1.29, 1.82) is 0 Å². The molecule has 1 unspecified atom stereocenters. The molecule has 0 aliphatic carbocycles. The van der Waals surface area contributed by atoms with E-state index in [0.717, 1.165) is 24.3 Å². The number of halogens is 1. The van der Waals surface area contributed by atoms with Gasteiger partial charge >= 0.3 is 0 Å². The van der Waals surface area contributed by atoms with Crippen molar-refractivity contribution in [3.05, 3.63) is 102 Å². The molecule has 4 aromatic rings. The van der Waals surface area contributed by atoms with E-state index < -0.39 is 0 Å². The molecule has 5 rings (SSSR count). The first-order valence-electron chi connectivity index (χ1n) is 10.9. The summed E-state index contributed by atoms with van der Waals surface area (Å²) in [7, 11) is 0. The Morgan fingerprint density at radius 3 is 2.73 bits per heavy atom. The molecule has 0 radical (unpaired) electrons. The maximum absolute atomic E-state index is 13.7. The van der Waals surface area contributed by atoms with E-state index in [4.69, 9.17) is 14.7 Å². The first-order valence-corrected chi connectivity index (χ1v) is 10.9. The second-order valence-corrected chi connectivity index (χ2v) is 7.95. The van der Waals surface area contributed by atoms with E-state index in [2.05, 4.69) is 39.5 Å². The van der Waals surface area contributed by atoms with Crippen molar-refractivity contribution in [2.45, 2.75) is 12.6 Å². The molecule has 2 aromatic heterocycles. The van der Waals surface area contributed by atoms with Crippen LogP contribution in [0.15, 0.2) is 85.2 Å². The Balaban J connectivity index is 1.44. The average molecular weight is 442 g/mol. The molecule has 1 saturated heterocycles. The third kappa shape index (κ3) is 5.39. The van der Waals surface area contributed by atoms with Crippen LogP contribution in [0.5, 0.6) is 0 Å². The lowest BCUT2D eigenvalue weighted by atomic mass is 10.1. The number of pyridine rings is 1. The van der Waals surface area contributed by atoms with Crippen LogP contribution in [0.25, 0.3) is 11.3 Å². The zero-order valence-corrected chi connectivity index (χ0v) is 18.1. The Morgan fingerprint density at radius 1 is 1.00 bits per heavy atom. The van der Waals surface area contributed by atoms with Gasteiger partial charge in [-0.3, -0.25) is 9.88 Å². The molecule has 1 aliphatic heterocycles. The Bertz CT molecular complexity index is 1210. The van der Waals surface area contributed by atoms with Gasteiger partial charge in [0.15, 0.2) is 5.82 Å². The van der Waals surface area contributed by atoms with Gasteiger partial charge in [-0.25, -0.2) is 14.4 Å². The van der Waals surface area contributed by atoms with E-state index in [1.165, 1.54) is 17.7 Å². The van der Waals surface area contributed by atoms with Crippen molar-refractivity contribution >= 4 is 11.5 Å². The summed E-state index contributed by atoms with van der Waals surface area (Å²) in [4.78, 5) is 16.1. The van der Waals surface area contributed by atoms with Crippen LogP contribution in [0, 0.1) is 5.82 Å². The molecule has 6 nitrogen and oxygen atoms in total. The zero-order valence-electron chi connectivity index (χ0n) is 18.1. The van der Waals surface area contributed by atoms with Crippen molar-refractivity contribution < 1.29 is 9.13 Å². The molecule has 1 fully saturated rings. The van der Waals surface area contributed by atoms with Gasteiger partial charge in [0.2, 0.25) is 0 Å². The highest BCUT2D eigenvalue weighted by molar-refractivity contribution is 5.65. The summed E-state index contributed by atoms with van der Waals surface area (Å²) >= 11 is 0. The molecule has 0 bridgehead atoms. The van der Waals surface area contributed by atoms with Gasteiger partial charge in [0, 0.05) is 49.3 Å². The van der Waals surface area contributed by atoms with Gasteiger partial charge in [0.1, 0.15) is 17.7 Å². The number of hydrogen-bond acceptors (Lipinski definition) is 6. The highest BCUT2D eigenvalue weighted by Gasteiger charge is 2.25. The second kappa shape index (κ2) is 9.85. The van der Waals surface area contributed by atoms with Crippen LogP contribution in [0.3, 0.4) is 0 Å². The minimum absolute atomic E-state index is 0.271. The molecular formula is C26H24FN5O. The molecule has 0 spiro atoms. The molecule has 1 N–H and O–H groups in total. The summed E-state index contributed by atoms with van der Waals surface area (Å²) in [5.41, 5.74) is 3.49. The Kier molecular flexibility index (Phi) is 6.32. The van der Waals surface area contributed by atoms with Crippen LogP contribution >= 0.6 is 0 Å². The van der Waals surface area contributed by atoms with E-state index in [-0.39, 0.29) is 11.9 Å². The van der Waals surface area contributed by atoms with Crippen molar-refractivity contribution in [3.8, 4) is 11.3 Å². The smallest absolute Gasteiger partial charge is 0.161 e. The molecular weight excluding hydrogens is 417 g/mol. The second-order valence-electron chi connectivity index (χ2n) is 7.95. The van der Waals surface area contributed by atoms with Gasteiger partial charge in [-0.15, -0.1) is 0 Å². The van der Waals surface area contributed by atoms with Gasteiger partial charge in [0.25, 0.3) is 0 Å².